The van der Waals surface area contributed by atoms with Gasteiger partial charge in [0, 0.05) is 33.2 Å². The number of rotatable bonds is 5. The topological polar surface area (TPSA) is 61.7 Å². The van der Waals surface area contributed by atoms with Crippen molar-refractivity contribution in [1.82, 2.24) is 14.9 Å². The van der Waals surface area contributed by atoms with E-state index in [1.165, 1.54) is 0 Å². The first-order chi connectivity index (χ1) is 9.15. The van der Waals surface area contributed by atoms with Crippen LogP contribution >= 0.6 is 0 Å². The maximum absolute atomic E-state index is 12.7. The average Bonchev–Trinajstić information content (AvgIpc) is 2.40. The van der Waals surface area contributed by atoms with Crippen LogP contribution in [0.4, 0.5) is 10.3 Å². The normalized spacial score (nSPS) is 18.3. The van der Waals surface area contributed by atoms with E-state index < -0.39 is 11.9 Å². The molecule has 1 aliphatic rings. The lowest BCUT2D eigenvalue weighted by Crippen LogP contribution is -2.44. The van der Waals surface area contributed by atoms with Gasteiger partial charge in [0.25, 0.3) is 0 Å². The van der Waals surface area contributed by atoms with Crippen molar-refractivity contribution in [2.75, 3.05) is 51.3 Å². The lowest BCUT2D eigenvalue weighted by atomic mass is 10.3. The van der Waals surface area contributed by atoms with Gasteiger partial charge in [-0.2, -0.15) is 0 Å². The molecule has 7 heteroatoms. The van der Waals surface area contributed by atoms with Gasteiger partial charge in [0.2, 0.25) is 5.95 Å². The second-order valence-corrected chi connectivity index (χ2v) is 4.65. The Balaban J connectivity index is 1.80. The van der Waals surface area contributed by atoms with Gasteiger partial charge in [-0.05, 0) is 0 Å². The van der Waals surface area contributed by atoms with E-state index in [1.54, 1.807) is 11.9 Å². The number of aliphatic hydroxyl groups excluding tert-OH is 1. The number of aromatic nitrogens is 2. The molecule has 106 valence electrons. The van der Waals surface area contributed by atoms with Gasteiger partial charge < -0.3 is 14.7 Å². The van der Waals surface area contributed by atoms with Crippen LogP contribution < -0.4 is 4.90 Å². The minimum Gasteiger partial charge on any atom is -0.390 e. The van der Waals surface area contributed by atoms with E-state index in [0.717, 1.165) is 25.5 Å². The van der Waals surface area contributed by atoms with Gasteiger partial charge in [0.15, 0.2) is 5.82 Å². The predicted octanol–water partition coefficient (Wildman–Crippen LogP) is -0.255. The summed E-state index contributed by atoms with van der Waals surface area (Å²) in [6.07, 6.45) is 1.73. The Morgan fingerprint density at radius 1 is 1.42 bits per heavy atom. The monoisotopic (exact) mass is 270 g/mol. The first-order valence-electron chi connectivity index (χ1n) is 6.32. The van der Waals surface area contributed by atoms with E-state index in [4.69, 9.17) is 4.74 Å². The van der Waals surface area contributed by atoms with Crippen molar-refractivity contribution in [3.05, 3.63) is 18.2 Å². The molecule has 0 aliphatic carbocycles. The molecule has 1 aliphatic heterocycles. The van der Waals surface area contributed by atoms with Crippen LogP contribution in [-0.2, 0) is 4.74 Å². The van der Waals surface area contributed by atoms with Gasteiger partial charge >= 0.3 is 0 Å². The summed E-state index contributed by atoms with van der Waals surface area (Å²) >= 11 is 0. The number of hydrogen-bond donors (Lipinski definition) is 1. The number of likely N-dealkylation sites (N-methyl/N-ethyl adjacent to an activating group) is 1. The van der Waals surface area contributed by atoms with Crippen LogP contribution in [0.5, 0.6) is 0 Å². The first kappa shape index (κ1) is 14.1. The summed E-state index contributed by atoms with van der Waals surface area (Å²) in [5.41, 5.74) is 0. The Hall–Kier alpha value is -1.31. The molecule has 0 aromatic carbocycles. The minimum atomic E-state index is -0.503. The van der Waals surface area contributed by atoms with Crippen molar-refractivity contribution >= 4 is 5.95 Å². The van der Waals surface area contributed by atoms with Crippen molar-refractivity contribution in [2.45, 2.75) is 6.10 Å². The van der Waals surface area contributed by atoms with Crippen LogP contribution in [0.25, 0.3) is 0 Å². The Morgan fingerprint density at radius 3 is 2.68 bits per heavy atom. The summed E-state index contributed by atoms with van der Waals surface area (Å²) in [4.78, 5) is 11.6. The maximum atomic E-state index is 12.7. The van der Waals surface area contributed by atoms with E-state index in [0.29, 0.717) is 32.3 Å². The number of nitrogens with zero attached hydrogens (tertiary/aromatic N) is 4. The number of anilines is 1. The van der Waals surface area contributed by atoms with Crippen LogP contribution in [0.2, 0.25) is 0 Å². The molecule has 0 radical (unpaired) electrons. The Bertz CT molecular complexity index is 384. The number of morpholine rings is 1. The molecule has 1 aromatic heterocycles. The van der Waals surface area contributed by atoms with Gasteiger partial charge in [-0.3, -0.25) is 4.90 Å². The summed E-state index contributed by atoms with van der Waals surface area (Å²) < 4.78 is 18.0. The highest BCUT2D eigenvalue weighted by atomic mass is 19.1. The van der Waals surface area contributed by atoms with E-state index in [1.807, 2.05) is 0 Å². The zero-order valence-electron chi connectivity index (χ0n) is 11.0. The Morgan fingerprint density at radius 2 is 2.05 bits per heavy atom. The van der Waals surface area contributed by atoms with Crippen LogP contribution in [0.1, 0.15) is 0 Å². The molecule has 2 rings (SSSR count). The second kappa shape index (κ2) is 6.74. The zero-order chi connectivity index (χ0) is 13.7. The molecule has 6 nitrogen and oxygen atoms in total. The van der Waals surface area contributed by atoms with Crippen molar-refractivity contribution < 1.29 is 14.2 Å². The molecule has 0 spiro atoms. The third-order valence-electron chi connectivity index (χ3n) is 3.01. The first-order valence-corrected chi connectivity index (χ1v) is 6.32. The third-order valence-corrected chi connectivity index (χ3v) is 3.01. The second-order valence-electron chi connectivity index (χ2n) is 4.65. The highest BCUT2D eigenvalue weighted by Crippen LogP contribution is 2.06. The van der Waals surface area contributed by atoms with Crippen molar-refractivity contribution in [2.24, 2.45) is 0 Å². The molecule has 0 amide bonds. The maximum Gasteiger partial charge on any atom is 0.225 e. The van der Waals surface area contributed by atoms with Crippen molar-refractivity contribution in [3.63, 3.8) is 0 Å². The molecule has 0 bridgehead atoms. The molecule has 1 N–H and O–H groups in total. The minimum absolute atomic E-state index is 0.405. The fourth-order valence-electron chi connectivity index (χ4n) is 2.04. The Labute approximate surface area is 111 Å². The number of β-amino-alcohol motifs (C(OH)–C–C–N with tert-alkyl or cyclic N) is 1. The summed E-state index contributed by atoms with van der Waals surface area (Å²) in [6, 6.07) is 0. The molecule has 1 saturated heterocycles. The van der Waals surface area contributed by atoms with Gasteiger partial charge in [-0.15, -0.1) is 0 Å². The Kier molecular flexibility index (Phi) is 5.00. The number of aliphatic hydroxyl groups is 1. The summed E-state index contributed by atoms with van der Waals surface area (Å²) in [7, 11) is 1.77. The standard InChI is InChI=1S/C12H19FN4O2/c1-16(12-14-6-10(13)7-15-12)8-11(18)9-17-2-4-19-5-3-17/h6-7,11,18H,2-5,8-9H2,1H3. The molecule has 1 fully saturated rings. The highest BCUT2D eigenvalue weighted by Gasteiger charge is 2.17. The molecule has 1 atom stereocenters. The van der Waals surface area contributed by atoms with E-state index in [-0.39, 0.29) is 0 Å². The number of halogens is 1. The zero-order valence-corrected chi connectivity index (χ0v) is 11.0. The average molecular weight is 270 g/mol. The SMILES string of the molecule is CN(CC(O)CN1CCOCC1)c1ncc(F)cn1. The summed E-state index contributed by atoms with van der Waals surface area (Å²) in [6.45, 7) is 4.10. The molecule has 0 saturated carbocycles. The quantitative estimate of drug-likeness (QED) is 0.796. The lowest BCUT2D eigenvalue weighted by Gasteiger charge is -2.30. The van der Waals surface area contributed by atoms with Crippen LogP contribution in [-0.4, -0.2) is 72.5 Å². The van der Waals surface area contributed by atoms with Crippen LogP contribution in [0, 0.1) is 5.82 Å². The third kappa shape index (κ3) is 4.38. The molecule has 2 heterocycles. The molecule has 1 unspecified atom stereocenters. The smallest absolute Gasteiger partial charge is 0.225 e. The van der Waals surface area contributed by atoms with E-state index >= 15 is 0 Å². The highest BCUT2D eigenvalue weighted by molar-refractivity contribution is 5.26. The fraction of sp³-hybridized carbons (Fsp3) is 0.667. The molecule has 1 aromatic rings. The van der Waals surface area contributed by atoms with Crippen LogP contribution in [0.3, 0.4) is 0 Å². The van der Waals surface area contributed by atoms with Gasteiger partial charge in [-0.25, -0.2) is 14.4 Å². The number of hydrogen-bond acceptors (Lipinski definition) is 6. The molecule has 19 heavy (non-hydrogen) atoms. The van der Waals surface area contributed by atoms with E-state index in [2.05, 4.69) is 14.9 Å². The summed E-state index contributed by atoms with van der Waals surface area (Å²) in [5, 5.41) is 10.0. The van der Waals surface area contributed by atoms with Gasteiger partial charge in [-0.1, -0.05) is 0 Å². The van der Waals surface area contributed by atoms with Gasteiger partial charge in [0.05, 0.1) is 31.7 Å². The van der Waals surface area contributed by atoms with Crippen LogP contribution in [0.15, 0.2) is 12.4 Å². The van der Waals surface area contributed by atoms with Gasteiger partial charge in [0.1, 0.15) is 0 Å². The van der Waals surface area contributed by atoms with Crippen molar-refractivity contribution in [1.29, 1.82) is 0 Å². The molecular weight excluding hydrogens is 251 g/mol. The lowest BCUT2D eigenvalue weighted by molar-refractivity contribution is 0.0162. The fourth-order valence-corrected chi connectivity index (χ4v) is 2.04. The summed E-state index contributed by atoms with van der Waals surface area (Å²) in [5.74, 6) is -0.0616. The van der Waals surface area contributed by atoms with E-state index in [9.17, 15) is 9.50 Å². The largest absolute Gasteiger partial charge is 0.390 e. The molecular formula is C12H19FN4O2. The van der Waals surface area contributed by atoms with Crippen molar-refractivity contribution in [3.8, 4) is 0 Å². The predicted molar refractivity (Wildman–Crippen MR) is 68.5 cm³/mol. The number of ether oxygens (including phenoxy) is 1.